The number of aromatic nitrogens is 2. The van der Waals surface area contributed by atoms with Gasteiger partial charge in [0.05, 0.1) is 18.4 Å². The van der Waals surface area contributed by atoms with Crippen LogP contribution in [0.5, 0.6) is 0 Å². The van der Waals surface area contributed by atoms with Crippen molar-refractivity contribution in [3.05, 3.63) is 17.5 Å². The molecule has 0 radical (unpaired) electrons. The van der Waals surface area contributed by atoms with Crippen LogP contribution in [0.4, 0.5) is 0 Å². The molecule has 0 saturated heterocycles. The molecule has 7 nitrogen and oxygen atoms in total. The Morgan fingerprint density at radius 2 is 2.29 bits per heavy atom. The second-order valence-corrected chi connectivity index (χ2v) is 3.52. The van der Waals surface area contributed by atoms with Gasteiger partial charge in [0, 0.05) is 19.3 Å². The predicted molar refractivity (Wildman–Crippen MR) is 58.7 cm³/mol. The molecule has 0 aliphatic rings. The molecule has 17 heavy (non-hydrogen) atoms. The molecule has 0 atom stereocenters. The first-order valence-electron chi connectivity index (χ1n) is 5.06. The highest BCUT2D eigenvalue weighted by atomic mass is 16.5. The molecule has 0 spiro atoms. The predicted octanol–water partition coefficient (Wildman–Crippen LogP) is -0.109. The summed E-state index contributed by atoms with van der Waals surface area (Å²) < 4.78 is 4.84. The summed E-state index contributed by atoms with van der Waals surface area (Å²) in [6.45, 7) is 1.87. The van der Waals surface area contributed by atoms with Gasteiger partial charge in [-0.15, -0.1) is 0 Å². The zero-order valence-electron chi connectivity index (χ0n) is 9.77. The number of aliphatic carboxylic acids is 1. The monoisotopic (exact) mass is 241 g/mol. The quantitative estimate of drug-likeness (QED) is 0.724. The number of nitrogens with zero attached hydrogens (tertiary/aromatic N) is 2. The molecular weight excluding hydrogens is 226 g/mol. The second-order valence-electron chi connectivity index (χ2n) is 3.52. The van der Waals surface area contributed by atoms with Gasteiger partial charge in [0.2, 0.25) is 0 Å². The van der Waals surface area contributed by atoms with Crippen molar-refractivity contribution < 1.29 is 19.4 Å². The van der Waals surface area contributed by atoms with Gasteiger partial charge in [-0.1, -0.05) is 0 Å². The Bertz CT molecular complexity index is 402. The molecule has 94 valence electrons. The maximum Gasteiger partial charge on any atom is 0.323 e. The van der Waals surface area contributed by atoms with E-state index in [1.54, 1.807) is 6.92 Å². The molecule has 1 aromatic rings. The fourth-order valence-corrected chi connectivity index (χ4v) is 1.35. The van der Waals surface area contributed by atoms with E-state index < -0.39 is 5.97 Å². The largest absolute Gasteiger partial charge is 0.480 e. The molecule has 0 saturated carbocycles. The summed E-state index contributed by atoms with van der Waals surface area (Å²) >= 11 is 0. The van der Waals surface area contributed by atoms with Gasteiger partial charge in [-0.3, -0.25) is 14.7 Å². The van der Waals surface area contributed by atoms with Crippen molar-refractivity contribution in [1.29, 1.82) is 0 Å². The Kier molecular flexibility index (Phi) is 4.65. The van der Waals surface area contributed by atoms with Crippen LogP contribution in [0.2, 0.25) is 0 Å². The van der Waals surface area contributed by atoms with Crippen molar-refractivity contribution in [3.8, 4) is 0 Å². The summed E-state index contributed by atoms with van der Waals surface area (Å²) in [7, 11) is 1.49. The maximum absolute atomic E-state index is 12.0. The minimum atomic E-state index is -1.06. The van der Waals surface area contributed by atoms with Crippen molar-refractivity contribution in [2.24, 2.45) is 0 Å². The van der Waals surface area contributed by atoms with Crippen molar-refractivity contribution in [2.75, 3.05) is 26.8 Å². The molecule has 0 aromatic carbocycles. The highest BCUT2D eigenvalue weighted by molar-refractivity contribution is 5.96. The van der Waals surface area contributed by atoms with E-state index in [4.69, 9.17) is 9.84 Å². The molecule has 1 aromatic heterocycles. The molecule has 1 amide bonds. The normalized spacial score (nSPS) is 10.2. The van der Waals surface area contributed by atoms with Crippen molar-refractivity contribution in [1.82, 2.24) is 15.1 Å². The Balaban J connectivity index is 2.78. The van der Waals surface area contributed by atoms with E-state index in [-0.39, 0.29) is 25.6 Å². The van der Waals surface area contributed by atoms with Gasteiger partial charge in [0.25, 0.3) is 5.91 Å². The molecule has 0 aliphatic heterocycles. The summed E-state index contributed by atoms with van der Waals surface area (Å²) in [5, 5.41) is 15.1. The molecule has 0 fully saturated rings. The molecule has 2 N–H and O–H groups in total. The van der Waals surface area contributed by atoms with E-state index in [9.17, 15) is 9.59 Å². The Morgan fingerprint density at radius 1 is 1.59 bits per heavy atom. The maximum atomic E-state index is 12.0. The van der Waals surface area contributed by atoms with Gasteiger partial charge in [0.1, 0.15) is 6.54 Å². The van der Waals surface area contributed by atoms with Gasteiger partial charge >= 0.3 is 5.97 Å². The van der Waals surface area contributed by atoms with E-state index in [0.717, 1.165) is 0 Å². The van der Waals surface area contributed by atoms with Crippen LogP contribution in [0, 0.1) is 6.92 Å². The summed E-state index contributed by atoms with van der Waals surface area (Å²) in [5.74, 6) is -1.42. The second kappa shape index (κ2) is 6.00. The zero-order chi connectivity index (χ0) is 12.8. The molecule has 0 bridgehead atoms. The van der Waals surface area contributed by atoms with Crippen LogP contribution in [0.25, 0.3) is 0 Å². The van der Waals surface area contributed by atoms with Crippen LogP contribution < -0.4 is 0 Å². The minimum absolute atomic E-state index is 0.228. The number of nitrogens with one attached hydrogen (secondary N) is 1. The number of carboxylic acid groups (broad SMARTS) is 1. The Hall–Kier alpha value is -1.89. The third-order valence-corrected chi connectivity index (χ3v) is 2.24. The van der Waals surface area contributed by atoms with Gasteiger partial charge in [0.15, 0.2) is 0 Å². The first kappa shape index (κ1) is 13.2. The first-order valence-corrected chi connectivity index (χ1v) is 5.06. The lowest BCUT2D eigenvalue weighted by molar-refractivity contribution is -0.137. The zero-order valence-corrected chi connectivity index (χ0v) is 9.77. The molecule has 1 rings (SSSR count). The summed E-state index contributed by atoms with van der Waals surface area (Å²) in [4.78, 5) is 23.9. The molecule has 1 heterocycles. The minimum Gasteiger partial charge on any atom is -0.480 e. The van der Waals surface area contributed by atoms with Gasteiger partial charge < -0.3 is 14.7 Å². The number of aryl methyl sites for hydroxylation is 1. The van der Waals surface area contributed by atoms with Crippen LogP contribution in [-0.2, 0) is 9.53 Å². The van der Waals surface area contributed by atoms with E-state index >= 15 is 0 Å². The van der Waals surface area contributed by atoms with E-state index in [0.29, 0.717) is 11.3 Å². The van der Waals surface area contributed by atoms with Crippen LogP contribution in [0.15, 0.2) is 6.20 Å². The highest BCUT2D eigenvalue weighted by Gasteiger charge is 2.20. The van der Waals surface area contributed by atoms with Crippen molar-refractivity contribution in [3.63, 3.8) is 0 Å². The standard InChI is InChI=1S/C10H15N3O4/c1-7-8(5-11-12-7)10(16)13(3-4-17-2)6-9(14)15/h5H,3-4,6H2,1-2H3,(H,11,12)(H,14,15). The average Bonchev–Trinajstić information content (AvgIpc) is 2.69. The number of aromatic amines is 1. The summed E-state index contributed by atoms with van der Waals surface area (Å²) in [6.07, 6.45) is 1.39. The van der Waals surface area contributed by atoms with Crippen molar-refractivity contribution >= 4 is 11.9 Å². The van der Waals surface area contributed by atoms with Gasteiger partial charge in [-0.25, -0.2) is 0 Å². The number of methoxy groups -OCH3 is 1. The van der Waals surface area contributed by atoms with Crippen LogP contribution in [0.1, 0.15) is 16.1 Å². The number of hydrogen-bond donors (Lipinski definition) is 2. The van der Waals surface area contributed by atoms with E-state index in [1.165, 1.54) is 18.2 Å². The lowest BCUT2D eigenvalue weighted by atomic mass is 10.2. The fourth-order valence-electron chi connectivity index (χ4n) is 1.35. The summed E-state index contributed by atoms with van der Waals surface area (Å²) in [6, 6.07) is 0. The highest BCUT2D eigenvalue weighted by Crippen LogP contribution is 2.07. The third kappa shape index (κ3) is 3.56. The molecule has 0 unspecified atom stereocenters. The fraction of sp³-hybridized carbons (Fsp3) is 0.500. The van der Waals surface area contributed by atoms with Crippen LogP contribution >= 0.6 is 0 Å². The van der Waals surface area contributed by atoms with Crippen LogP contribution in [-0.4, -0.2) is 58.9 Å². The Labute approximate surface area is 98.4 Å². The number of rotatable bonds is 6. The number of H-pyrrole nitrogens is 1. The lowest BCUT2D eigenvalue weighted by Crippen LogP contribution is -2.38. The lowest BCUT2D eigenvalue weighted by Gasteiger charge is -2.19. The summed E-state index contributed by atoms with van der Waals surface area (Å²) in [5.41, 5.74) is 0.991. The molecule has 0 aliphatic carbocycles. The Morgan fingerprint density at radius 3 is 2.76 bits per heavy atom. The van der Waals surface area contributed by atoms with Gasteiger partial charge in [-0.2, -0.15) is 5.10 Å². The van der Waals surface area contributed by atoms with Crippen molar-refractivity contribution in [2.45, 2.75) is 6.92 Å². The molecular formula is C10H15N3O4. The number of carbonyl (C=O) groups excluding carboxylic acids is 1. The number of hydrogen-bond acceptors (Lipinski definition) is 4. The number of ether oxygens (including phenoxy) is 1. The first-order chi connectivity index (χ1) is 8.06. The SMILES string of the molecule is COCCN(CC(=O)O)C(=O)c1cn[nH]c1C. The van der Waals surface area contributed by atoms with E-state index in [1.807, 2.05) is 0 Å². The van der Waals surface area contributed by atoms with Gasteiger partial charge in [-0.05, 0) is 6.92 Å². The van der Waals surface area contributed by atoms with E-state index in [2.05, 4.69) is 10.2 Å². The topological polar surface area (TPSA) is 95.5 Å². The number of amides is 1. The number of carboxylic acids is 1. The average molecular weight is 241 g/mol. The third-order valence-electron chi connectivity index (χ3n) is 2.24. The van der Waals surface area contributed by atoms with Crippen LogP contribution in [0.3, 0.4) is 0 Å². The molecule has 7 heteroatoms. The smallest absolute Gasteiger partial charge is 0.323 e. The number of carbonyl (C=O) groups is 2.